The third-order valence-corrected chi connectivity index (χ3v) is 1.56. The van der Waals surface area contributed by atoms with Gasteiger partial charge < -0.3 is 0 Å². The lowest BCUT2D eigenvalue weighted by Crippen LogP contribution is -1.61. The zero-order valence-corrected chi connectivity index (χ0v) is 8.74. The first-order chi connectivity index (χ1) is 6.41. The fourth-order valence-electron chi connectivity index (χ4n) is 0.856. The van der Waals surface area contributed by atoms with Gasteiger partial charge >= 0.3 is 0 Å². The summed E-state index contributed by atoms with van der Waals surface area (Å²) in [6, 6.07) is 0. The van der Waals surface area contributed by atoms with Crippen molar-refractivity contribution in [3.63, 3.8) is 0 Å². The van der Waals surface area contributed by atoms with Crippen molar-refractivity contribution in [2.75, 3.05) is 0 Å². The van der Waals surface area contributed by atoms with Crippen LogP contribution in [0.5, 0.6) is 0 Å². The molecule has 72 valence electrons. The van der Waals surface area contributed by atoms with Gasteiger partial charge in [0.05, 0.1) is 0 Å². The summed E-state index contributed by atoms with van der Waals surface area (Å²) in [5, 5.41) is 0. The van der Waals surface area contributed by atoms with Gasteiger partial charge in [-0.25, -0.2) is 0 Å². The summed E-state index contributed by atoms with van der Waals surface area (Å²) >= 11 is 0. The van der Waals surface area contributed by atoms with Gasteiger partial charge in [0, 0.05) is 0 Å². The second kappa shape index (κ2) is 11.0. The minimum Gasteiger partial charge on any atom is -0.0882 e. The van der Waals surface area contributed by atoms with Crippen LogP contribution in [0, 0.1) is 0 Å². The van der Waals surface area contributed by atoms with E-state index >= 15 is 0 Å². The normalized spacial score (nSPS) is 13.1. The van der Waals surface area contributed by atoms with E-state index in [1.54, 1.807) is 0 Å². The van der Waals surface area contributed by atoms with Crippen molar-refractivity contribution < 1.29 is 0 Å². The van der Waals surface area contributed by atoms with E-state index in [1.807, 2.05) is 31.2 Å². The molecule has 0 radical (unpaired) electrons. The maximum Gasteiger partial charge on any atom is -0.0166 e. The van der Waals surface area contributed by atoms with Crippen LogP contribution in [-0.2, 0) is 0 Å². The van der Waals surface area contributed by atoms with Crippen LogP contribution < -0.4 is 0 Å². The Morgan fingerprint density at radius 1 is 0.846 bits per heavy atom. The molecule has 0 saturated carbocycles. The average Bonchev–Trinajstić information content (AvgIpc) is 2.16. The van der Waals surface area contributed by atoms with E-state index in [1.165, 1.54) is 12.8 Å². The van der Waals surface area contributed by atoms with Crippen molar-refractivity contribution >= 4 is 0 Å². The van der Waals surface area contributed by atoms with Crippen molar-refractivity contribution in [2.24, 2.45) is 0 Å². The first kappa shape index (κ1) is 12.0. The van der Waals surface area contributed by atoms with Crippen molar-refractivity contribution in [3.05, 3.63) is 48.6 Å². The molecule has 13 heavy (non-hydrogen) atoms. The lowest BCUT2D eigenvalue weighted by molar-refractivity contribution is 0.954. The van der Waals surface area contributed by atoms with Gasteiger partial charge in [-0.1, -0.05) is 62.0 Å². The zero-order valence-electron chi connectivity index (χ0n) is 8.74. The van der Waals surface area contributed by atoms with E-state index in [0.29, 0.717) is 0 Å². The molecular weight excluding hydrogens is 156 g/mol. The Labute approximate surface area is 82.4 Å². The van der Waals surface area contributed by atoms with Crippen LogP contribution in [0.1, 0.15) is 33.1 Å². The Kier molecular flexibility index (Phi) is 10.1. The van der Waals surface area contributed by atoms with Crippen molar-refractivity contribution in [3.8, 4) is 0 Å². The third kappa shape index (κ3) is 11.0. The summed E-state index contributed by atoms with van der Waals surface area (Å²) in [5.41, 5.74) is 0. The van der Waals surface area contributed by atoms with Crippen LogP contribution in [0.15, 0.2) is 48.6 Å². The monoisotopic (exact) mass is 176 g/mol. The summed E-state index contributed by atoms with van der Waals surface area (Å²) < 4.78 is 0. The number of allylic oxidation sites excluding steroid dienone is 8. The molecule has 0 rings (SSSR count). The highest BCUT2D eigenvalue weighted by Gasteiger charge is 1.71. The molecule has 0 heterocycles. The van der Waals surface area contributed by atoms with Crippen LogP contribution in [0.3, 0.4) is 0 Å². The summed E-state index contributed by atoms with van der Waals surface area (Å²) in [4.78, 5) is 0. The smallest absolute Gasteiger partial charge is 0.0166 e. The van der Waals surface area contributed by atoms with Crippen LogP contribution in [-0.4, -0.2) is 0 Å². The average molecular weight is 176 g/mol. The van der Waals surface area contributed by atoms with Crippen molar-refractivity contribution in [2.45, 2.75) is 33.1 Å². The molecule has 0 fully saturated rings. The fraction of sp³-hybridized carbons (Fsp3) is 0.385. The van der Waals surface area contributed by atoms with Crippen LogP contribution >= 0.6 is 0 Å². The molecule has 0 aliphatic heterocycles. The largest absolute Gasteiger partial charge is 0.0882 e. The molecule has 0 saturated heterocycles. The van der Waals surface area contributed by atoms with Gasteiger partial charge in [0.1, 0.15) is 0 Å². The molecule has 0 amide bonds. The standard InChI is InChI=1S/C13H20/c1-3-5-7-9-11-13-12-10-8-6-4-2/h3,5,7-11,13H,4,6,12H2,1-2H3/b5-3+,9-7+,10-8+,13-11+. The highest BCUT2D eigenvalue weighted by atomic mass is 13.8. The summed E-state index contributed by atoms with van der Waals surface area (Å²) in [6.45, 7) is 4.21. The van der Waals surface area contributed by atoms with E-state index in [0.717, 1.165) is 6.42 Å². The molecule has 0 aromatic rings. The first-order valence-electron chi connectivity index (χ1n) is 5.01. The molecule has 0 nitrogen and oxygen atoms in total. The number of hydrogen-bond acceptors (Lipinski definition) is 0. The number of hydrogen-bond donors (Lipinski definition) is 0. The van der Waals surface area contributed by atoms with E-state index in [2.05, 4.69) is 31.2 Å². The highest BCUT2D eigenvalue weighted by Crippen LogP contribution is 1.92. The Morgan fingerprint density at radius 3 is 2.31 bits per heavy atom. The van der Waals surface area contributed by atoms with Crippen LogP contribution in [0.2, 0.25) is 0 Å². The summed E-state index contributed by atoms with van der Waals surface area (Å²) in [6.07, 6.45) is 20.3. The molecule has 0 spiro atoms. The maximum atomic E-state index is 2.24. The van der Waals surface area contributed by atoms with Crippen LogP contribution in [0.4, 0.5) is 0 Å². The second-order valence-electron chi connectivity index (χ2n) is 2.83. The zero-order chi connectivity index (χ0) is 9.78. The van der Waals surface area contributed by atoms with Gasteiger partial charge in [-0.05, 0) is 19.8 Å². The van der Waals surface area contributed by atoms with E-state index in [-0.39, 0.29) is 0 Å². The summed E-state index contributed by atoms with van der Waals surface area (Å²) in [7, 11) is 0. The third-order valence-electron chi connectivity index (χ3n) is 1.56. The number of unbranched alkanes of at least 4 members (excludes halogenated alkanes) is 1. The Hall–Kier alpha value is -1.04. The highest BCUT2D eigenvalue weighted by molar-refractivity contribution is 5.11. The minimum atomic E-state index is 1.04. The van der Waals surface area contributed by atoms with Gasteiger partial charge in [0.15, 0.2) is 0 Å². The molecule has 0 N–H and O–H groups in total. The maximum absolute atomic E-state index is 2.24. The molecule has 0 aliphatic carbocycles. The SMILES string of the molecule is C/C=C/C=C/C=C/C/C=C/CCC. The fourth-order valence-corrected chi connectivity index (χ4v) is 0.856. The van der Waals surface area contributed by atoms with E-state index in [4.69, 9.17) is 0 Å². The Morgan fingerprint density at radius 2 is 1.62 bits per heavy atom. The van der Waals surface area contributed by atoms with Gasteiger partial charge in [-0.2, -0.15) is 0 Å². The molecule has 0 heteroatoms. The van der Waals surface area contributed by atoms with Gasteiger partial charge in [0.25, 0.3) is 0 Å². The summed E-state index contributed by atoms with van der Waals surface area (Å²) in [5.74, 6) is 0. The molecule has 0 aromatic carbocycles. The van der Waals surface area contributed by atoms with Crippen molar-refractivity contribution in [1.29, 1.82) is 0 Å². The Balaban J connectivity index is 3.41. The lowest BCUT2D eigenvalue weighted by atomic mass is 10.2. The Bertz CT molecular complexity index is 192. The van der Waals surface area contributed by atoms with Gasteiger partial charge in [-0.15, -0.1) is 0 Å². The number of rotatable bonds is 6. The molecule has 0 unspecified atom stereocenters. The predicted molar refractivity (Wildman–Crippen MR) is 61.8 cm³/mol. The minimum absolute atomic E-state index is 1.04. The van der Waals surface area contributed by atoms with E-state index < -0.39 is 0 Å². The van der Waals surface area contributed by atoms with Gasteiger partial charge in [-0.3, -0.25) is 0 Å². The quantitative estimate of drug-likeness (QED) is 0.415. The molecule has 0 bridgehead atoms. The predicted octanol–water partition coefficient (Wildman–Crippen LogP) is 4.42. The topological polar surface area (TPSA) is 0 Å². The molecule has 0 atom stereocenters. The lowest BCUT2D eigenvalue weighted by Gasteiger charge is -1.82. The van der Waals surface area contributed by atoms with E-state index in [9.17, 15) is 0 Å². The first-order valence-corrected chi connectivity index (χ1v) is 5.01. The van der Waals surface area contributed by atoms with Crippen molar-refractivity contribution in [1.82, 2.24) is 0 Å². The molecular formula is C13H20. The molecule has 0 aliphatic rings. The van der Waals surface area contributed by atoms with Crippen LogP contribution in [0.25, 0.3) is 0 Å². The second-order valence-corrected chi connectivity index (χ2v) is 2.83. The van der Waals surface area contributed by atoms with Gasteiger partial charge in [0.2, 0.25) is 0 Å². The molecule has 0 aromatic heterocycles.